The first-order valence-electron chi connectivity index (χ1n) is 5.01. The molecule has 2 aromatic rings. The van der Waals surface area contributed by atoms with Gasteiger partial charge in [0.15, 0.2) is 0 Å². The van der Waals surface area contributed by atoms with Gasteiger partial charge in [0.05, 0.1) is 0 Å². The molecule has 0 unspecified atom stereocenters. The summed E-state index contributed by atoms with van der Waals surface area (Å²) < 4.78 is 2.03. The molecule has 0 aliphatic rings. The van der Waals surface area contributed by atoms with Crippen LogP contribution in [0.2, 0.25) is 0 Å². The molecule has 4 heteroatoms. The zero-order valence-electron chi connectivity index (χ0n) is 9.23. The third-order valence-corrected chi connectivity index (χ3v) is 3.16. The molecule has 0 saturated carbocycles. The van der Waals surface area contributed by atoms with Crippen molar-refractivity contribution in [3.63, 3.8) is 0 Å². The van der Waals surface area contributed by atoms with Gasteiger partial charge < -0.3 is 0 Å². The maximum absolute atomic E-state index is 11.1. The summed E-state index contributed by atoms with van der Waals surface area (Å²) >= 11 is 1.53. The Bertz CT molecular complexity index is 505. The van der Waals surface area contributed by atoms with E-state index in [0.717, 1.165) is 16.5 Å². The summed E-state index contributed by atoms with van der Waals surface area (Å²) in [5.41, 5.74) is 2.17. The molecule has 1 N–H and O–H groups in total. The van der Waals surface area contributed by atoms with Crippen LogP contribution in [0.3, 0.4) is 0 Å². The molecular weight excluding hydrogens is 220 g/mol. The Balaban J connectivity index is 2.47. The molecule has 16 heavy (non-hydrogen) atoms. The molecule has 0 spiro atoms. The summed E-state index contributed by atoms with van der Waals surface area (Å²) in [6.07, 6.45) is 0. The first kappa shape index (κ1) is 10.8. The van der Waals surface area contributed by atoms with Gasteiger partial charge in [0.25, 0.3) is 0 Å². The summed E-state index contributed by atoms with van der Waals surface area (Å²) in [4.78, 5) is 11.1. The van der Waals surface area contributed by atoms with Crippen molar-refractivity contribution >= 4 is 22.4 Å². The fraction of sp³-hybridized carbons (Fsp3) is 0.167. The predicted molar refractivity (Wildman–Crippen MR) is 64.9 cm³/mol. The molecule has 3 nitrogen and oxygen atoms in total. The Hall–Kier alpha value is -1.68. The van der Waals surface area contributed by atoms with Crippen LogP contribution in [0.25, 0.3) is 5.69 Å². The van der Waals surface area contributed by atoms with Crippen LogP contribution in [0.5, 0.6) is 0 Å². The van der Waals surface area contributed by atoms with Gasteiger partial charge in [-0.15, -0.1) is 0 Å². The average Bonchev–Trinajstić information content (AvgIpc) is 2.60. The van der Waals surface area contributed by atoms with E-state index in [4.69, 9.17) is 0 Å². The molecule has 0 fully saturated rings. The molecule has 1 aromatic carbocycles. The van der Waals surface area contributed by atoms with Crippen molar-refractivity contribution in [3.05, 3.63) is 41.4 Å². The van der Waals surface area contributed by atoms with Crippen LogP contribution in [0.1, 0.15) is 12.6 Å². The van der Waals surface area contributed by atoms with Gasteiger partial charge in [-0.3, -0.25) is 0 Å². The molecule has 1 heterocycles. The number of hydrogen-bond acceptors (Lipinski definition) is 2. The molecule has 82 valence electrons. The Morgan fingerprint density at radius 3 is 2.62 bits per heavy atom. The topological polar surface area (TPSA) is 33.0 Å². The van der Waals surface area contributed by atoms with Crippen molar-refractivity contribution in [2.24, 2.45) is 0 Å². The largest absolute Gasteiger partial charge is 0.346 e. The van der Waals surface area contributed by atoms with Gasteiger partial charge in [-0.2, -0.15) is 4.57 Å². The molecule has 0 aliphatic carbocycles. The Kier molecular flexibility index (Phi) is 3.01. The van der Waals surface area contributed by atoms with Gasteiger partial charge >= 0.3 is 11.0 Å². The number of hydrogen-bond donors (Lipinski definition) is 1. The summed E-state index contributed by atoms with van der Waals surface area (Å²) in [7, 11) is 0. The zero-order valence-corrected chi connectivity index (χ0v) is 10.0. The number of anilines is 1. The lowest BCUT2D eigenvalue weighted by atomic mass is 10.3. The third kappa shape index (κ3) is 2.12. The summed E-state index contributed by atoms with van der Waals surface area (Å²) in [6, 6.07) is 9.98. The van der Waals surface area contributed by atoms with Crippen LogP contribution >= 0.6 is 11.3 Å². The number of nitrogens with one attached hydrogen (secondary N) is 1. The molecule has 2 rings (SSSR count). The van der Waals surface area contributed by atoms with Crippen LogP contribution < -0.4 is 9.88 Å². The van der Waals surface area contributed by atoms with Gasteiger partial charge in [-0.05, 0) is 19.1 Å². The van der Waals surface area contributed by atoms with Gasteiger partial charge in [-0.1, -0.05) is 29.5 Å². The summed E-state index contributed by atoms with van der Waals surface area (Å²) in [5, 5.41) is 5.71. The van der Waals surface area contributed by atoms with Gasteiger partial charge in [0.2, 0.25) is 0 Å². The monoisotopic (exact) mass is 233 g/mol. The van der Waals surface area contributed by atoms with E-state index in [1.54, 1.807) is 0 Å². The van der Waals surface area contributed by atoms with E-state index in [0.29, 0.717) is 0 Å². The number of thiazole rings is 1. The molecule has 1 aromatic heterocycles. The number of benzene rings is 1. The van der Waals surface area contributed by atoms with Crippen molar-refractivity contribution in [1.29, 1.82) is 0 Å². The summed E-state index contributed by atoms with van der Waals surface area (Å²) in [6.45, 7) is 3.54. The number of para-hydroxylation sites is 1. The highest BCUT2D eigenvalue weighted by Crippen LogP contribution is 2.16. The van der Waals surface area contributed by atoms with Crippen molar-refractivity contribution in [2.45, 2.75) is 13.8 Å². The molecular formula is C12H13N2OS+. The van der Waals surface area contributed by atoms with Crippen LogP contribution in [0, 0.1) is 6.92 Å². The first-order valence-corrected chi connectivity index (χ1v) is 5.89. The van der Waals surface area contributed by atoms with Crippen molar-refractivity contribution in [2.75, 3.05) is 5.32 Å². The second-order valence-corrected chi connectivity index (χ2v) is 4.39. The van der Waals surface area contributed by atoms with Gasteiger partial charge in [0.1, 0.15) is 11.4 Å². The van der Waals surface area contributed by atoms with Gasteiger partial charge in [-0.25, -0.2) is 10.1 Å². The fourth-order valence-corrected chi connectivity index (χ4v) is 2.49. The van der Waals surface area contributed by atoms with Crippen molar-refractivity contribution < 1.29 is 9.36 Å². The van der Waals surface area contributed by atoms with Crippen LogP contribution in [-0.4, -0.2) is 5.91 Å². The molecule has 1 amide bonds. The normalized spacial score (nSPS) is 10.1. The third-order valence-electron chi connectivity index (χ3n) is 2.19. The first-order chi connectivity index (χ1) is 7.68. The minimum atomic E-state index is -0.0495. The van der Waals surface area contributed by atoms with E-state index < -0.39 is 0 Å². The average molecular weight is 233 g/mol. The van der Waals surface area contributed by atoms with Crippen molar-refractivity contribution in [1.82, 2.24) is 0 Å². The van der Waals surface area contributed by atoms with Crippen LogP contribution in [0.15, 0.2) is 35.7 Å². The van der Waals surface area contributed by atoms with E-state index in [1.165, 1.54) is 18.3 Å². The SMILES string of the molecule is CC(=O)Nc1scc(C)[n+]1-c1ccccc1. The second kappa shape index (κ2) is 4.45. The molecule has 0 radical (unpaired) electrons. The number of aryl methyl sites for hydroxylation is 1. The number of amides is 1. The van der Waals surface area contributed by atoms with E-state index in [-0.39, 0.29) is 5.91 Å². The highest BCUT2D eigenvalue weighted by molar-refractivity contribution is 7.13. The highest BCUT2D eigenvalue weighted by atomic mass is 32.1. The van der Waals surface area contributed by atoms with E-state index in [1.807, 2.05) is 47.2 Å². The molecule has 0 saturated heterocycles. The lowest BCUT2D eigenvalue weighted by Crippen LogP contribution is -2.35. The smallest absolute Gasteiger partial charge is 0.247 e. The summed E-state index contributed by atoms with van der Waals surface area (Å²) in [5.74, 6) is -0.0495. The molecule has 0 aliphatic heterocycles. The Morgan fingerprint density at radius 2 is 2.00 bits per heavy atom. The van der Waals surface area contributed by atoms with Crippen LogP contribution in [0.4, 0.5) is 5.13 Å². The Labute approximate surface area is 98.4 Å². The Morgan fingerprint density at radius 1 is 1.31 bits per heavy atom. The van der Waals surface area contributed by atoms with Crippen molar-refractivity contribution in [3.8, 4) is 5.69 Å². The van der Waals surface area contributed by atoms with Gasteiger partial charge in [0, 0.05) is 12.3 Å². The maximum atomic E-state index is 11.1. The fourth-order valence-electron chi connectivity index (χ4n) is 1.54. The van der Waals surface area contributed by atoms with Crippen LogP contribution in [-0.2, 0) is 4.79 Å². The molecule has 0 atom stereocenters. The minimum absolute atomic E-state index is 0.0495. The number of carbonyl (C=O) groups excluding carboxylic acids is 1. The lowest BCUT2D eigenvalue weighted by molar-refractivity contribution is -0.582. The standard InChI is InChI=1S/C12H12N2OS/c1-9-8-16-12(13-10(2)15)14(9)11-6-4-3-5-7-11/h3-8H,1-2H3/p+1. The van der Waals surface area contributed by atoms with E-state index in [2.05, 4.69) is 5.32 Å². The predicted octanol–water partition coefficient (Wildman–Crippen LogP) is 2.29. The maximum Gasteiger partial charge on any atom is 0.346 e. The molecule has 0 bridgehead atoms. The number of carbonyl (C=O) groups is 1. The van der Waals surface area contributed by atoms with E-state index in [9.17, 15) is 4.79 Å². The second-order valence-electron chi connectivity index (χ2n) is 3.53. The number of aromatic nitrogens is 1. The minimum Gasteiger partial charge on any atom is -0.247 e. The van der Waals surface area contributed by atoms with E-state index >= 15 is 0 Å². The lowest BCUT2D eigenvalue weighted by Gasteiger charge is -2.01. The number of nitrogens with zero attached hydrogens (tertiary/aromatic N) is 1. The highest BCUT2D eigenvalue weighted by Gasteiger charge is 2.18. The number of rotatable bonds is 2. The quantitative estimate of drug-likeness (QED) is 0.793. The zero-order chi connectivity index (χ0) is 11.5.